The van der Waals surface area contributed by atoms with Crippen molar-refractivity contribution in [3.8, 4) is 0 Å². The average molecular weight is 274 g/mol. The Morgan fingerprint density at radius 2 is 2.29 bits per heavy atom. The molecule has 1 aromatic rings. The zero-order valence-corrected chi connectivity index (χ0v) is 11.2. The fraction of sp³-hybridized carbons (Fsp3) is 0.500. The van der Waals surface area contributed by atoms with E-state index in [0.29, 0.717) is 0 Å². The van der Waals surface area contributed by atoms with Gasteiger partial charge in [-0.15, -0.1) is 23.1 Å². The Balaban J connectivity index is 2.33. The van der Waals surface area contributed by atoms with Crippen LogP contribution in [-0.2, 0) is 9.59 Å². The smallest absolute Gasteiger partial charge is 0.313 e. The van der Waals surface area contributed by atoms with E-state index in [2.05, 4.69) is 10.3 Å². The van der Waals surface area contributed by atoms with E-state index in [1.54, 1.807) is 0 Å². The molecule has 17 heavy (non-hydrogen) atoms. The van der Waals surface area contributed by atoms with Gasteiger partial charge in [0.25, 0.3) is 0 Å². The lowest BCUT2D eigenvalue weighted by molar-refractivity contribution is -0.133. The van der Waals surface area contributed by atoms with Crippen LogP contribution in [0, 0.1) is 6.92 Å². The fourth-order valence-electron chi connectivity index (χ4n) is 1.15. The van der Waals surface area contributed by atoms with Crippen LogP contribution in [0.3, 0.4) is 0 Å². The Labute approximate surface area is 108 Å². The first-order valence-corrected chi connectivity index (χ1v) is 7.03. The van der Waals surface area contributed by atoms with Crippen LogP contribution >= 0.6 is 23.1 Å². The first kappa shape index (κ1) is 14.0. The van der Waals surface area contributed by atoms with Gasteiger partial charge in [-0.2, -0.15) is 0 Å². The first-order valence-electron chi connectivity index (χ1n) is 5.00. The van der Waals surface area contributed by atoms with Crippen molar-refractivity contribution < 1.29 is 14.7 Å². The van der Waals surface area contributed by atoms with Gasteiger partial charge in [0.2, 0.25) is 5.91 Å². The maximum atomic E-state index is 11.5. The summed E-state index contributed by atoms with van der Waals surface area (Å²) in [6.07, 6.45) is 0. The predicted molar refractivity (Wildman–Crippen MR) is 68.4 cm³/mol. The molecule has 7 heteroatoms. The summed E-state index contributed by atoms with van der Waals surface area (Å²) in [6, 6.07) is -0.133. The number of rotatable bonds is 6. The number of amides is 1. The monoisotopic (exact) mass is 274 g/mol. The standard InChI is InChI=1S/C10H14N2O3S2/c1-6-3-17-10(11-6)7(2)12-8(13)4-16-5-9(14)15/h3,7H,4-5H2,1-2H3,(H,12,13)(H,14,15). The summed E-state index contributed by atoms with van der Waals surface area (Å²) in [6.45, 7) is 3.76. The second-order valence-electron chi connectivity index (χ2n) is 3.50. The zero-order chi connectivity index (χ0) is 12.8. The normalized spacial score (nSPS) is 12.1. The van der Waals surface area contributed by atoms with Crippen LogP contribution in [0.4, 0.5) is 0 Å². The highest BCUT2D eigenvalue weighted by Gasteiger charge is 2.12. The molecule has 5 nitrogen and oxygen atoms in total. The minimum atomic E-state index is -0.911. The molecule has 0 saturated heterocycles. The molecule has 1 rings (SSSR count). The Kier molecular flexibility index (Phi) is 5.43. The third-order valence-electron chi connectivity index (χ3n) is 1.84. The Bertz CT molecular complexity index is 406. The van der Waals surface area contributed by atoms with Gasteiger partial charge >= 0.3 is 5.97 Å². The molecule has 0 aliphatic heterocycles. The highest BCUT2D eigenvalue weighted by Crippen LogP contribution is 2.17. The Morgan fingerprint density at radius 3 is 2.82 bits per heavy atom. The number of carbonyl (C=O) groups excluding carboxylic acids is 1. The second-order valence-corrected chi connectivity index (χ2v) is 5.38. The zero-order valence-electron chi connectivity index (χ0n) is 9.60. The number of carboxylic acid groups (broad SMARTS) is 1. The molecule has 1 unspecified atom stereocenters. The summed E-state index contributed by atoms with van der Waals surface area (Å²) in [5.41, 5.74) is 0.936. The van der Waals surface area contributed by atoms with E-state index >= 15 is 0 Å². The van der Waals surface area contributed by atoms with Gasteiger partial charge in [0, 0.05) is 11.1 Å². The van der Waals surface area contributed by atoms with Gasteiger partial charge in [-0.1, -0.05) is 0 Å². The van der Waals surface area contributed by atoms with Crippen molar-refractivity contribution in [2.75, 3.05) is 11.5 Å². The van der Waals surface area contributed by atoms with Crippen molar-refractivity contribution >= 4 is 35.0 Å². The van der Waals surface area contributed by atoms with Crippen molar-refractivity contribution in [3.63, 3.8) is 0 Å². The largest absolute Gasteiger partial charge is 0.481 e. The molecule has 0 bridgehead atoms. The highest BCUT2D eigenvalue weighted by atomic mass is 32.2. The molecule has 1 heterocycles. The van der Waals surface area contributed by atoms with Crippen molar-refractivity contribution in [1.82, 2.24) is 10.3 Å². The molecule has 1 atom stereocenters. The number of aryl methyl sites for hydroxylation is 1. The van der Waals surface area contributed by atoms with E-state index in [-0.39, 0.29) is 23.5 Å². The fourth-order valence-corrected chi connectivity index (χ4v) is 2.50. The molecule has 2 N–H and O–H groups in total. The van der Waals surface area contributed by atoms with Crippen LogP contribution in [0.2, 0.25) is 0 Å². The molecule has 0 radical (unpaired) electrons. The number of nitrogens with zero attached hydrogens (tertiary/aromatic N) is 1. The van der Waals surface area contributed by atoms with Gasteiger partial charge in [0.1, 0.15) is 5.01 Å². The molecular formula is C10H14N2O3S2. The van der Waals surface area contributed by atoms with Crippen LogP contribution in [-0.4, -0.2) is 33.5 Å². The van der Waals surface area contributed by atoms with Crippen LogP contribution in [0.25, 0.3) is 0 Å². The quantitative estimate of drug-likeness (QED) is 0.820. The molecular weight excluding hydrogens is 260 g/mol. The molecule has 0 aromatic carbocycles. The summed E-state index contributed by atoms with van der Waals surface area (Å²) in [5, 5.41) is 14.0. The molecule has 1 amide bonds. The van der Waals surface area contributed by atoms with Gasteiger partial charge < -0.3 is 10.4 Å². The van der Waals surface area contributed by atoms with Gasteiger partial charge in [-0.25, -0.2) is 4.98 Å². The lowest BCUT2D eigenvalue weighted by atomic mass is 10.3. The maximum absolute atomic E-state index is 11.5. The van der Waals surface area contributed by atoms with Gasteiger partial charge in [-0.05, 0) is 13.8 Å². The summed E-state index contributed by atoms with van der Waals surface area (Å²) in [4.78, 5) is 26.0. The maximum Gasteiger partial charge on any atom is 0.313 e. The number of aliphatic carboxylic acids is 1. The van der Waals surface area contributed by atoms with Crippen molar-refractivity contribution in [2.45, 2.75) is 19.9 Å². The van der Waals surface area contributed by atoms with Gasteiger partial charge in [0.15, 0.2) is 0 Å². The second kappa shape index (κ2) is 6.61. The predicted octanol–water partition coefficient (Wildman–Crippen LogP) is 1.45. The lowest BCUT2D eigenvalue weighted by Gasteiger charge is -2.10. The number of hydrogen-bond acceptors (Lipinski definition) is 5. The number of aromatic nitrogens is 1. The summed E-state index contributed by atoms with van der Waals surface area (Å²) in [5.74, 6) is -0.984. The number of nitrogens with one attached hydrogen (secondary N) is 1. The summed E-state index contributed by atoms with van der Waals surface area (Å²) >= 11 is 2.58. The Hall–Kier alpha value is -1.08. The van der Waals surface area contributed by atoms with Crippen LogP contribution in [0.15, 0.2) is 5.38 Å². The van der Waals surface area contributed by atoms with Crippen molar-refractivity contribution in [3.05, 3.63) is 16.1 Å². The number of hydrogen-bond donors (Lipinski definition) is 2. The number of carboxylic acids is 1. The molecule has 94 valence electrons. The third kappa shape index (κ3) is 5.18. The average Bonchev–Trinajstić information content (AvgIpc) is 2.64. The number of carbonyl (C=O) groups is 2. The SMILES string of the molecule is Cc1csc(C(C)NC(=O)CSCC(=O)O)n1. The minimum absolute atomic E-state index is 0.0574. The molecule has 0 fully saturated rings. The topological polar surface area (TPSA) is 79.3 Å². The summed E-state index contributed by atoms with van der Waals surface area (Å²) < 4.78 is 0. The number of thiazole rings is 1. The van der Waals surface area contributed by atoms with Crippen LogP contribution in [0.1, 0.15) is 23.7 Å². The van der Waals surface area contributed by atoms with Gasteiger partial charge in [0.05, 0.1) is 17.5 Å². The molecule has 0 aliphatic carbocycles. The number of thioether (sulfide) groups is 1. The van der Waals surface area contributed by atoms with Gasteiger partial charge in [-0.3, -0.25) is 9.59 Å². The third-order valence-corrected chi connectivity index (χ3v) is 3.91. The van der Waals surface area contributed by atoms with Crippen LogP contribution in [0.5, 0.6) is 0 Å². The highest BCUT2D eigenvalue weighted by molar-refractivity contribution is 8.00. The van der Waals surface area contributed by atoms with E-state index in [1.165, 1.54) is 11.3 Å². The molecule has 1 aromatic heterocycles. The molecule has 0 spiro atoms. The van der Waals surface area contributed by atoms with E-state index < -0.39 is 5.97 Å². The van der Waals surface area contributed by atoms with E-state index in [9.17, 15) is 9.59 Å². The van der Waals surface area contributed by atoms with Crippen molar-refractivity contribution in [1.29, 1.82) is 0 Å². The minimum Gasteiger partial charge on any atom is -0.481 e. The van der Waals surface area contributed by atoms with E-state index in [1.807, 2.05) is 19.2 Å². The first-order chi connectivity index (χ1) is 7.99. The Morgan fingerprint density at radius 1 is 1.59 bits per heavy atom. The van der Waals surface area contributed by atoms with E-state index in [0.717, 1.165) is 22.5 Å². The summed E-state index contributed by atoms with van der Waals surface area (Å²) in [7, 11) is 0. The van der Waals surface area contributed by atoms with E-state index in [4.69, 9.17) is 5.11 Å². The lowest BCUT2D eigenvalue weighted by Crippen LogP contribution is -2.28. The molecule has 0 aliphatic rings. The molecule has 0 saturated carbocycles. The van der Waals surface area contributed by atoms with Crippen molar-refractivity contribution in [2.24, 2.45) is 0 Å². The van der Waals surface area contributed by atoms with Crippen LogP contribution < -0.4 is 5.32 Å².